The minimum atomic E-state index is -0.159. The SMILES string of the molecule is COc1cccc2c1[C@H]1Nc3ccc(-c4n[nH]cc4-c4nc5ccccc5o4)cc3C(C)(C)[C@H]1CO2. The van der Waals surface area contributed by atoms with E-state index in [1.165, 1.54) is 5.56 Å². The summed E-state index contributed by atoms with van der Waals surface area (Å²) in [6.07, 6.45) is 1.84. The number of fused-ring (bicyclic) bond motifs is 5. The normalized spacial score (nSPS) is 19.5. The molecule has 36 heavy (non-hydrogen) atoms. The molecule has 2 N–H and O–H groups in total. The molecule has 0 aliphatic carbocycles. The van der Waals surface area contributed by atoms with E-state index in [-0.39, 0.29) is 17.4 Å². The number of ether oxygens (including phenoxy) is 2. The summed E-state index contributed by atoms with van der Waals surface area (Å²) in [6.45, 7) is 5.22. The lowest BCUT2D eigenvalue weighted by Gasteiger charge is -2.48. The Morgan fingerprint density at radius 1 is 1.06 bits per heavy atom. The summed E-state index contributed by atoms with van der Waals surface area (Å²) in [5.41, 5.74) is 7.52. The molecule has 4 heterocycles. The molecule has 7 nitrogen and oxygen atoms in total. The zero-order valence-electron chi connectivity index (χ0n) is 20.3. The minimum Gasteiger partial charge on any atom is -0.496 e. The summed E-state index contributed by atoms with van der Waals surface area (Å²) in [7, 11) is 1.71. The van der Waals surface area contributed by atoms with Gasteiger partial charge in [0.1, 0.15) is 22.7 Å². The van der Waals surface area contributed by atoms with Crippen LogP contribution in [0.1, 0.15) is 31.0 Å². The standard InChI is InChI=1S/C29H26N4O3/c1-29(2)18-13-16(26-17(14-30-33-26)28-32-21-7-4-5-8-22(21)36-28)11-12-20(18)31-27-19(29)15-35-24-10-6-9-23(34-3)25(24)27/h4-14,19,27,31H,15H2,1-3H3,(H,30,33)/t19-,27-/m0/s1. The smallest absolute Gasteiger partial charge is 0.231 e. The summed E-state index contributed by atoms with van der Waals surface area (Å²) in [5, 5.41) is 11.4. The van der Waals surface area contributed by atoms with Gasteiger partial charge in [-0.2, -0.15) is 5.10 Å². The third kappa shape index (κ3) is 2.98. The second-order valence-corrected chi connectivity index (χ2v) is 10.0. The van der Waals surface area contributed by atoms with E-state index in [0.29, 0.717) is 12.5 Å². The van der Waals surface area contributed by atoms with Crippen molar-refractivity contribution in [2.24, 2.45) is 5.92 Å². The third-order valence-corrected chi connectivity index (χ3v) is 7.77. The van der Waals surface area contributed by atoms with Crippen molar-refractivity contribution in [1.82, 2.24) is 15.2 Å². The second-order valence-electron chi connectivity index (χ2n) is 10.0. The van der Waals surface area contributed by atoms with E-state index < -0.39 is 0 Å². The molecule has 0 radical (unpaired) electrons. The van der Waals surface area contributed by atoms with Crippen LogP contribution in [0.3, 0.4) is 0 Å². The first-order chi connectivity index (χ1) is 17.5. The molecule has 2 aromatic heterocycles. The Morgan fingerprint density at radius 3 is 2.81 bits per heavy atom. The van der Waals surface area contributed by atoms with Crippen LogP contribution in [0.25, 0.3) is 33.8 Å². The molecule has 0 unspecified atom stereocenters. The van der Waals surface area contributed by atoms with E-state index in [9.17, 15) is 0 Å². The number of anilines is 1. The third-order valence-electron chi connectivity index (χ3n) is 7.77. The van der Waals surface area contributed by atoms with Gasteiger partial charge in [0.25, 0.3) is 0 Å². The van der Waals surface area contributed by atoms with E-state index in [4.69, 9.17) is 13.9 Å². The number of nitrogens with zero attached hydrogens (tertiary/aromatic N) is 2. The van der Waals surface area contributed by atoms with Crippen molar-refractivity contribution in [2.45, 2.75) is 25.3 Å². The topological polar surface area (TPSA) is 85.2 Å². The van der Waals surface area contributed by atoms with E-state index in [2.05, 4.69) is 52.5 Å². The predicted molar refractivity (Wildman–Crippen MR) is 138 cm³/mol. The first-order valence-corrected chi connectivity index (χ1v) is 12.2. The molecule has 5 aromatic rings. The van der Waals surface area contributed by atoms with Gasteiger partial charge in [0.05, 0.1) is 30.9 Å². The van der Waals surface area contributed by atoms with Gasteiger partial charge in [0, 0.05) is 28.8 Å². The summed E-state index contributed by atoms with van der Waals surface area (Å²) in [4.78, 5) is 4.68. The van der Waals surface area contributed by atoms with Crippen molar-refractivity contribution in [3.63, 3.8) is 0 Å². The molecule has 0 saturated carbocycles. The van der Waals surface area contributed by atoms with E-state index in [0.717, 1.165) is 50.7 Å². The number of oxazole rings is 1. The molecule has 2 atom stereocenters. The maximum Gasteiger partial charge on any atom is 0.231 e. The Hall–Kier alpha value is -4.26. The van der Waals surface area contributed by atoms with Crippen LogP contribution in [0.15, 0.2) is 71.3 Å². The van der Waals surface area contributed by atoms with Gasteiger partial charge in [-0.05, 0) is 42.0 Å². The summed E-state index contributed by atoms with van der Waals surface area (Å²) in [6, 6.07) is 20.4. The molecule has 0 spiro atoms. The maximum absolute atomic E-state index is 6.24. The van der Waals surface area contributed by atoms with Crippen LogP contribution >= 0.6 is 0 Å². The monoisotopic (exact) mass is 478 g/mol. The van der Waals surface area contributed by atoms with E-state index >= 15 is 0 Å². The average Bonchev–Trinajstić information content (AvgIpc) is 3.55. The molecule has 3 aromatic carbocycles. The number of hydrogen-bond donors (Lipinski definition) is 2. The number of H-pyrrole nitrogens is 1. The van der Waals surface area contributed by atoms with Crippen molar-refractivity contribution in [3.05, 3.63) is 78.0 Å². The Bertz CT molecular complexity index is 1570. The van der Waals surface area contributed by atoms with Crippen LogP contribution in [0.5, 0.6) is 11.5 Å². The van der Waals surface area contributed by atoms with Crippen LogP contribution in [0, 0.1) is 5.92 Å². The van der Waals surface area contributed by atoms with Gasteiger partial charge in [-0.25, -0.2) is 4.98 Å². The number of para-hydroxylation sites is 2. The molecule has 0 saturated heterocycles. The summed E-state index contributed by atoms with van der Waals surface area (Å²) in [5.74, 6) is 2.52. The first-order valence-electron chi connectivity index (χ1n) is 12.2. The fraction of sp³-hybridized carbons (Fsp3) is 0.241. The molecular formula is C29H26N4O3. The average molecular weight is 479 g/mol. The highest BCUT2D eigenvalue weighted by atomic mass is 16.5. The lowest BCUT2D eigenvalue weighted by atomic mass is 9.65. The first kappa shape index (κ1) is 21.1. The van der Waals surface area contributed by atoms with Gasteiger partial charge in [0.2, 0.25) is 5.89 Å². The van der Waals surface area contributed by atoms with Crippen molar-refractivity contribution in [3.8, 4) is 34.2 Å². The highest BCUT2D eigenvalue weighted by molar-refractivity contribution is 5.82. The van der Waals surface area contributed by atoms with Crippen LogP contribution in [0.4, 0.5) is 5.69 Å². The van der Waals surface area contributed by atoms with Gasteiger partial charge >= 0.3 is 0 Å². The highest BCUT2D eigenvalue weighted by Crippen LogP contribution is 2.54. The lowest BCUT2D eigenvalue weighted by Crippen LogP contribution is -2.46. The van der Waals surface area contributed by atoms with Crippen LogP contribution in [-0.4, -0.2) is 28.9 Å². The van der Waals surface area contributed by atoms with E-state index in [1.807, 2.05) is 48.7 Å². The van der Waals surface area contributed by atoms with Crippen molar-refractivity contribution in [2.75, 3.05) is 19.0 Å². The van der Waals surface area contributed by atoms with Crippen molar-refractivity contribution in [1.29, 1.82) is 0 Å². The van der Waals surface area contributed by atoms with Crippen LogP contribution in [-0.2, 0) is 5.41 Å². The van der Waals surface area contributed by atoms with Gasteiger partial charge < -0.3 is 19.2 Å². The Morgan fingerprint density at radius 2 is 1.94 bits per heavy atom. The second kappa shape index (κ2) is 7.62. The van der Waals surface area contributed by atoms with E-state index in [1.54, 1.807) is 7.11 Å². The summed E-state index contributed by atoms with van der Waals surface area (Å²) < 4.78 is 18.0. The molecule has 7 rings (SSSR count). The number of hydrogen-bond acceptors (Lipinski definition) is 6. The fourth-order valence-electron chi connectivity index (χ4n) is 5.79. The molecule has 0 bridgehead atoms. The van der Waals surface area contributed by atoms with Crippen LogP contribution in [0.2, 0.25) is 0 Å². The Labute approximate surface area is 208 Å². The number of methoxy groups -OCH3 is 1. The summed E-state index contributed by atoms with van der Waals surface area (Å²) >= 11 is 0. The van der Waals surface area contributed by atoms with Crippen molar-refractivity contribution >= 4 is 16.8 Å². The van der Waals surface area contributed by atoms with Gasteiger partial charge in [0.15, 0.2) is 5.58 Å². The van der Waals surface area contributed by atoms with Crippen LogP contribution < -0.4 is 14.8 Å². The Balaban J connectivity index is 1.32. The lowest BCUT2D eigenvalue weighted by molar-refractivity contribution is 0.133. The predicted octanol–water partition coefficient (Wildman–Crippen LogP) is 6.35. The number of aromatic nitrogens is 3. The fourth-order valence-corrected chi connectivity index (χ4v) is 5.79. The molecule has 0 fully saturated rings. The quantitative estimate of drug-likeness (QED) is 0.314. The molecule has 180 valence electrons. The number of nitrogens with one attached hydrogen (secondary N) is 2. The molecule has 2 aliphatic rings. The minimum absolute atomic E-state index is 0.0962. The van der Waals surface area contributed by atoms with Gasteiger partial charge in [-0.1, -0.05) is 38.1 Å². The molecule has 2 aliphatic heterocycles. The number of rotatable bonds is 3. The number of aromatic amines is 1. The number of benzene rings is 3. The van der Waals surface area contributed by atoms with Gasteiger partial charge in [-0.3, -0.25) is 5.10 Å². The maximum atomic E-state index is 6.24. The van der Waals surface area contributed by atoms with Gasteiger partial charge in [-0.15, -0.1) is 0 Å². The van der Waals surface area contributed by atoms with Crippen molar-refractivity contribution < 1.29 is 13.9 Å². The largest absolute Gasteiger partial charge is 0.496 e. The molecular weight excluding hydrogens is 452 g/mol. The zero-order valence-corrected chi connectivity index (χ0v) is 20.3. The Kier molecular flexibility index (Phi) is 4.46. The molecule has 0 amide bonds. The highest BCUT2D eigenvalue weighted by Gasteiger charge is 2.47. The molecule has 7 heteroatoms. The zero-order chi connectivity index (χ0) is 24.4.